The van der Waals surface area contributed by atoms with Crippen LogP contribution in [0.3, 0.4) is 0 Å². The molecule has 0 bridgehead atoms. The van der Waals surface area contributed by atoms with Crippen molar-refractivity contribution in [3.63, 3.8) is 0 Å². The number of anilines is 1. The van der Waals surface area contributed by atoms with Crippen molar-refractivity contribution >= 4 is 11.6 Å². The van der Waals surface area contributed by atoms with Gasteiger partial charge in [0.05, 0.1) is 13.3 Å². The van der Waals surface area contributed by atoms with Gasteiger partial charge in [-0.3, -0.25) is 9.48 Å². The van der Waals surface area contributed by atoms with E-state index in [0.717, 1.165) is 4.68 Å². The first-order valence-electron chi connectivity index (χ1n) is 7.05. The van der Waals surface area contributed by atoms with Gasteiger partial charge in [-0.2, -0.15) is 10.2 Å². The molecule has 0 atom stereocenters. The number of aromatic nitrogens is 2. The average molecular weight is 325 g/mol. The summed E-state index contributed by atoms with van der Waals surface area (Å²) in [6, 6.07) is 0. The van der Waals surface area contributed by atoms with E-state index in [9.17, 15) is 13.6 Å². The molecule has 7 nitrogen and oxygen atoms in total. The Morgan fingerprint density at radius 3 is 2.83 bits per heavy atom. The molecule has 1 aromatic heterocycles. The maximum Gasteiger partial charge on any atom is 0.257 e. The Kier molecular flexibility index (Phi) is 5.26. The molecule has 1 aliphatic rings. The summed E-state index contributed by atoms with van der Waals surface area (Å²) >= 11 is 0. The lowest BCUT2D eigenvalue weighted by molar-refractivity contribution is -0.116. The number of nitrogens with one attached hydrogen (secondary N) is 1. The number of carbonyl (C=O) groups is 1. The first-order chi connectivity index (χ1) is 11.0. The molecular formula is C14H17F2N5O2. The Morgan fingerprint density at radius 2 is 2.26 bits per heavy atom. The van der Waals surface area contributed by atoms with Gasteiger partial charge in [0.15, 0.2) is 5.66 Å². The minimum absolute atomic E-state index is 0.0850. The normalized spacial score (nSPS) is 14.6. The smallest absolute Gasteiger partial charge is 0.257 e. The molecule has 0 radical (unpaired) electrons. The lowest BCUT2D eigenvalue weighted by Gasteiger charge is -2.08. The van der Waals surface area contributed by atoms with Gasteiger partial charge in [0.25, 0.3) is 12.3 Å². The van der Waals surface area contributed by atoms with E-state index in [0.29, 0.717) is 19.3 Å². The van der Waals surface area contributed by atoms with Crippen molar-refractivity contribution in [1.82, 2.24) is 9.78 Å². The third-order valence-corrected chi connectivity index (χ3v) is 3.33. The van der Waals surface area contributed by atoms with Crippen LogP contribution in [0.2, 0.25) is 0 Å². The second-order valence-electron chi connectivity index (χ2n) is 5.10. The van der Waals surface area contributed by atoms with E-state index >= 15 is 0 Å². The number of ether oxygens (including phenoxy) is 1. The molecule has 9 heteroatoms. The van der Waals surface area contributed by atoms with Crippen LogP contribution in [0.5, 0.6) is 5.88 Å². The number of nitrogens with zero attached hydrogens (tertiary/aromatic N) is 4. The predicted molar refractivity (Wildman–Crippen MR) is 78.3 cm³/mol. The van der Waals surface area contributed by atoms with Crippen molar-refractivity contribution in [3.05, 3.63) is 6.20 Å². The van der Waals surface area contributed by atoms with Crippen molar-refractivity contribution in [3.8, 4) is 18.2 Å². The molecule has 0 fully saturated rings. The summed E-state index contributed by atoms with van der Waals surface area (Å²) in [5, 5.41) is 14.3. The second kappa shape index (κ2) is 7.17. The van der Waals surface area contributed by atoms with E-state index in [4.69, 9.17) is 11.2 Å². The Hall–Kier alpha value is -2.50. The van der Waals surface area contributed by atoms with Crippen LogP contribution in [-0.4, -0.2) is 34.9 Å². The minimum Gasteiger partial charge on any atom is -0.478 e. The molecule has 1 N–H and O–H groups in total. The maximum atomic E-state index is 12.4. The number of alkyl halides is 2. The number of halogens is 2. The number of amides is 1. The van der Waals surface area contributed by atoms with Crippen molar-refractivity contribution in [2.75, 3.05) is 12.4 Å². The first-order valence-corrected chi connectivity index (χ1v) is 7.05. The second-order valence-corrected chi connectivity index (χ2v) is 5.10. The Balaban J connectivity index is 1.87. The number of terminal acetylenes is 1. The van der Waals surface area contributed by atoms with Gasteiger partial charge in [-0.1, -0.05) is 0 Å². The zero-order valence-corrected chi connectivity index (χ0v) is 12.6. The summed E-state index contributed by atoms with van der Waals surface area (Å²) in [5.41, 5.74) is -0.284. The molecule has 2 rings (SSSR count). The quantitative estimate of drug-likeness (QED) is 0.708. The molecule has 124 valence electrons. The fourth-order valence-electron chi connectivity index (χ4n) is 2.07. The third kappa shape index (κ3) is 4.74. The number of rotatable bonds is 9. The highest BCUT2D eigenvalue weighted by atomic mass is 19.3. The van der Waals surface area contributed by atoms with Crippen molar-refractivity contribution in [2.24, 2.45) is 10.2 Å². The van der Waals surface area contributed by atoms with Crippen LogP contribution in [0.1, 0.15) is 25.7 Å². The maximum absolute atomic E-state index is 12.4. The molecule has 2 heterocycles. The van der Waals surface area contributed by atoms with Gasteiger partial charge in [-0.25, -0.2) is 8.78 Å². The molecule has 1 aromatic rings. The van der Waals surface area contributed by atoms with Crippen LogP contribution in [0.4, 0.5) is 14.5 Å². The third-order valence-electron chi connectivity index (χ3n) is 3.33. The van der Waals surface area contributed by atoms with Crippen molar-refractivity contribution in [2.45, 2.75) is 44.3 Å². The molecule has 0 aromatic carbocycles. The zero-order valence-electron chi connectivity index (χ0n) is 12.6. The largest absolute Gasteiger partial charge is 0.478 e. The minimum atomic E-state index is -2.54. The fourth-order valence-corrected chi connectivity index (χ4v) is 2.07. The van der Waals surface area contributed by atoms with Gasteiger partial charge in [-0.15, -0.1) is 17.4 Å². The molecule has 1 aliphatic heterocycles. The lowest BCUT2D eigenvalue weighted by atomic mass is 10.0. The van der Waals surface area contributed by atoms with Crippen LogP contribution in [-0.2, 0) is 11.3 Å². The lowest BCUT2D eigenvalue weighted by Crippen LogP contribution is -2.17. The molecule has 23 heavy (non-hydrogen) atoms. The van der Waals surface area contributed by atoms with E-state index < -0.39 is 18.6 Å². The summed E-state index contributed by atoms with van der Waals surface area (Å²) in [6.07, 6.45) is 5.76. The summed E-state index contributed by atoms with van der Waals surface area (Å²) in [5.74, 6) is 2.31. The van der Waals surface area contributed by atoms with Crippen molar-refractivity contribution in [1.29, 1.82) is 0 Å². The number of hydrogen-bond acceptors (Lipinski definition) is 5. The van der Waals surface area contributed by atoms with E-state index in [1.54, 1.807) is 0 Å². The summed E-state index contributed by atoms with van der Waals surface area (Å²) in [6.45, 7) is -0.570. The summed E-state index contributed by atoms with van der Waals surface area (Å²) < 4.78 is 30.7. The standard InChI is InChI=1S/C14H17F2N5O2/c1-3-4-6-14(19-20-14)7-5-12(22)17-10-8-21(9-11(15)16)18-13(10)23-2/h1,8,11H,4-7,9H2,2H3,(H,17,22). The predicted octanol–water partition coefficient (Wildman–Crippen LogP) is 2.45. The number of carbonyl (C=O) groups excluding carboxylic acids is 1. The summed E-state index contributed by atoms with van der Waals surface area (Å²) in [7, 11) is 1.35. The van der Waals surface area contributed by atoms with Crippen LogP contribution in [0.15, 0.2) is 16.4 Å². The first kappa shape index (κ1) is 16.9. The Labute approximate surface area is 132 Å². The van der Waals surface area contributed by atoms with Gasteiger partial charge in [0, 0.05) is 25.7 Å². The Morgan fingerprint density at radius 1 is 1.52 bits per heavy atom. The van der Waals surface area contributed by atoms with E-state index in [1.807, 2.05) is 0 Å². The number of methoxy groups -OCH3 is 1. The molecule has 0 saturated heterocycles. The molecule has 0 spiro atoms. The van der Waals surface area contributed by atoms with Gasteiger partial charge < -0.3 is 10.1 Å². The van der Waals surface area contributed by atoms with Gasteiger partial charge in [0.2, 0.25) is 5.91 Å². The highest BCUT2D eigenvalue weighted by Crippen LogP contribution is 2.37. The highest BCUT2D eigenvalue weighted by Gasteiger charge is 2.39. The van der Waals surface area contributed by atoms with E-state index in [1.165, 1.54) is 13.3 Å². The van der Waals surface area contributed by atoms with Crippen LogP contribution in [0.25, 0.3) is 0 Å². The van der Waals surface area contributed by atoms with Gasteiger partial charge in [-0.05, 0) is 0 Å². The van der Waals surface area contributed by atoms with Gasteiger partial charge >= 0.3 is 0 Å². The monoisotopic (exact) mass is 325 g/mol. The highest BCUT2D eigenvalue weighted by molar-refractivity contribution is 5.91. The average Bonchev–Trinajstić information content (AvgIpc) is 3.18. The molecule has 0 aliphatic carbocycles. The fraction of sp³-hybridized carbons (Fsp3) is 0.571. The van der Waals surface area contributed by atoms with E-state index in [2.05, 4.69) is 26.6 Å². The SMILES string of the molecule is C#CCCC1(CCC(=O)Nc2cn(CC(F)F)nc2OC)N=N1. The molecule has 0 saturated carbocycles. The van der Waals surface area contributed by atoms with Gasteiger partial charge in [0.1, 0.15) is 12.2 Å². The van der Waals surface area contributed by atoms with E-state index in [-0.39, 0.29) is 23.9 Å². The topological polar surface area (TPSA) is 80.9 Å². The molecular weight excluding hydrogens is 308 g/mol. The number of hydrogen-bond donors (Lipinski definition) is 1. The zero-order chi connectivity index (χ0) is 16.9. The molecule has 1 amide bonds. The van der Waals surface area contributed by atoms with Crippen LogP contribution in [0, 0.1) is 12.3 Å². The van der Waals surface area contributed by atoms with Crippen LogP contribution < -0.4 is 10.1 Å². The van der Waals surface area contributed by atoms with Crippen molar-refractivity contribution < 1.29 is 18.3 Å². The summed E-state index contributed by atoms with van der Waals surface area (Å²) in [4.78, 5) is 12.0. The molecule has 0 unspecified atom stereocenters. The van der Waals surface area contributed by atoms with Crippen LogP contribution >= 0.6 is 0 Å². The Bertz CT molecular complexity index is 630.